The van der Waals surface area contributed by atoms with Crippen molar-refractivity contribution in [2.24, 2.45) is 0 Å². The molecule has 3 N–H and O–H groups in total. The summed E-state index contributed by atoms with van der Waals surface area (Å²) in [6.07, 6.45) is 0.629. The Labute approximate surface area is 164 Å². The molecule has 3 aromatic rings. The smallest absolute Gasteiger partial charge is 0.404 e. The van der Waals surface area contributed by atoms with Gasteiger partial charge in [-0.15, -0.1) is 0 Å². The molecule has 2 aromatic heterocycles. The van der Waals surface area contributed by atoms with E-state index < -0.39 is 33.6 Å². The number of carbonyl (C=O) groups is 1. The van der Waals surface area contributed by atoms with Crippen molar-refractivity contribution in [3.63, 3.8) is 0 Å². The average molecular weight is 423 g/mol. The molecule has 0 unspecified atom stereocenters. The molecule has 0 aliphatic carbocycles. The van der Waals surface area contributed by atoms with Crippen LogP contribution in [0.25, 0.3) is 11.3 Å². The summed E-state index contributed by atoms with van der Waals surface area (Å²) in [5.41, 5.74) is -1.06. The number of hydrogen-bond donors (Lipinski definition) is 3. The van der Waals surface area contributed by atoms with E-state index in [1.165, 1.54) is 12.1 Å². The van der Waals surface area contributed by atoms with Gasteiger partial charge in [0.05, 0.1) is 10.5 Å². The molecular weight excluding hydrogens is 408 g/mol. The highest BCUT2D eigenvalue weighted by molar-refractivity contribution is 7.90. The van der Waals surface area contributed by atoms with E-state index in [0.717, 1.165) is 36.7 Å². The number of hydrogen-bond acceptors (Lipinski definition) is 5. The minimum Gasteiger partial charge on any atom is -0.508 e. The van der Waals surface area contributed by atoms with Crippen molar-refractivity contribution in [1.29, 1.82) is 0 Å². The van der Waals surface area contributed by atoms with Crippen LogP contribution in [0.1, 0.15) is 5.56 Å². The van der Waals surface area contributed by atoms with Crippen molar-refractivity contribution in [3.05, 3.63) is 66.1 Å². The van der Waals surface area contributed by atoms with Crippen LogP contribution in [-0.2, 0) is 16.4 Å². The van der Waals surface area contributed by atoms with Crippen molar-refractivity contribution < 1.29 is 32.2 Å². The Morgan fingerprint density at radius 1 is 1.17 bits per heavy atom. The number of benzene rings is 1. The lowest BCUT2D eigenvalue weighted by Crippen LogP contribution is -2.23. The first-order chi connectivity index (χ1) is 13.7. The lowest BCUT2D eigenvalue weighted by Gasteiger charge is -2.11. The van der Waals surface area contributed by atoms with Gasteiger partial charge in [-0.2, -0.15) is 4.39 Å². The highest BCUT2D eigenvalue weighted by Crippen LogP contribution is 2.32. The second-order valence-corrected chi connectivity index (χ2v) is 7.75. The van der Waals surface area contributed by atoms with E-state index in [1.54, 1.807) is 0 Å². The molecule has 8 nitrogen and oxygen atoms in total. The van der Waals surface area contributed by atoms with E-state index in [1.807, 2.05) is 0 Å². The van der Waals surface area contributed by atoms with E-state index >= 15 is 4.39 Å². The van der Waals surface area contributed by atoms with Gasteiger partial charge in [0.25, 0.3) is 10.0 Å². The Morgan fingerprint density at radius 3 is 2.48 bits per heavy atom. The summed E-state index contributed by atoms with van der Waals surface area (Å²) < 4.78 is 56.0. The third-order valence-electron chi connectivity index (χ3n) is 4.06. The quantitative estimate of drug-likeness (QED) is 0.524. The van der Waals surface area contributed by atoms with Crippen LogP contribution in [0.15, 0.2) is 53.7 Å². The molecule has 1 amide bonds. The van der Waals surface area contributed by atoms with E-state index in [2.05, 4.69) is 10.3 Å². The van der Waals surface area contributed by atoms with Gasteiger partial charge in [0.2, 0.25) is 5.95 Å². The maximum Gasteiger partial charge on any atom is 0.404 e. The fraction of sp³-hybridized carbons (Fsp3) is 0.111. The van der Waals surface area contributed by atoms with Gasteiger partial charge in [-0.3, -0.25) is 0 Å². The highest BCUT2D eigenvalue weighted by atomic mass is 32.2. The number of pyridine rings is 1. The molecule has 0 spiro atoms. The molecule has 0 saturated heterocycles. The number of nitrogens with zero attached hydrogens (tertiary/aromatic N) is 2. The molecule has 0 bridgehead atoms. The Hall–Kier alpha value is -3.47. The first-order valence-electron chi connectivity index (χ1n) is 8.24. The minimum atomic E-state index is -4.36. The van der Waals surface area contributed by atoms with Crippen LogP contribution >= 0.6 is 0 Å². The van der Waals surface area contributed by atoms with Crippen molar-refractivity contribution in [2.45, 2.75) is 11.3 Å². The molecular formula is C18H15F2N3O5S. The molecule has 0 radical (unpaired) electrons. The molecule has 152 valence electrons. The van der Waals surface area contributed by atoms with Gasteiger partial charge in [0.15, 0.2) is 5.82 Å². The van der Waals surface area contributed by atoms with Crippen molar-refractivity contribution in [1.82, 2.24) is 14.3 Å². The Kier molecular flexibility index (Phi) is 5.50. The van der Waals surface area contributed by atoms with Gasteiger partial charge in [-0.05, 0) is 42.8 Å². The molecule has 0 saturated carbocycles. The van der Waals surface area contributed by atoms with Crippen LogP contribution in [0, 0.1) is 11.8 Å². The summed E-state index contributed by atoms with van der Waals surface area (Å²) in [7, 11) is -4.36. The lowest BCUT2D eigenvalue weighted by atomic mass is 10.1. The zero-order valence-corrected chi connectivity index (χ0v) is 15.5. The zero-order chi connectivity index (χ0) is 21.2. The van der Waals surface area contributed by atoms with Gasteiger partial charge in [-0.25, -0.2) is 26.6 Å². The van der Waals surface area contributed by atoms with Crippen LogP contribution in [0.2, 0.25) is 0 Å². The van der Waals surface area contributed by atoms with Crippen LogP contribution in [-0.4, -0.2) is 40.2 Å². The summed E-state index contributed by atoms with van der Waals surface area (Å²) in [5, 5.41) is 20.1. The number of phenols is 1. The normalized spacial score (nSPS) is 11.4. The number of carboxylic acid groups (broad SMARTS) is 1. The SMILES string of the molecule is O=C(O)NCCc1cn(S(=O)(=O)c2ccc(O)cc2)c(-c2cccnc2F)c1F. The maximum atomic E-state index is 15.1. The van der Waals surface area contributed by atoms with Crippen molar-refractivity contribution in [2.75, 3.05) is 6.54 Å². The predicted octanol–water partition coefficient (Wildman–Crippen LogP) is 2.58. The van der Waals surface area contributed by atoms with Crippen molar-refractivity contribution in [3.8, 4) is 17.0 Å². The third-order valence-corrected chi connectivity index (χ3v) is 5.74. The minimum absolute atomic E-state index is 0.126. The molecule has 11 heteroatoms. The van der Waals surface area contributed by atoms with Crippen LogP contribution in [0.3, 0.4) is 0 Å². The third kappa shape index (κ3) is 4.04. The van der Waals surface area contributed by atoms with Crippen LogP contribution in [0.5, 0.6) is 5.75 Å². The topological polar surface area (TPSA) is 122 Å². The van der Waals surface area contributed by atoms with E-state index in [0.29, 0.717) is 3.97 Å². The standard InChI is InChI=1S/C18H15F2N3O5S/c19-15-11(7-9-22-18(25)26)10-23(16(15)14-2-1-8-21-17(14)20)29(27,28)13-5-3-12(24)4-6-13/h1-6,8,10,22,24H,7,9H2,(H,25,26). The first kappa shape index (κ1) is 20.3. The molecule has 0 atom stereocenters. The Bertz CT molecular complexity index is 1160. The maximum absolute atomic E-state index is 15.1. The number of halogens is 2. The second kappa shape index (κ2) is 7.87. The number of aromatic nitrogens is 2. The van der Waals surface area contributed by atoms with Crippen LogP contribution in [0.4, 0.5) is 13.6 Å². The number of nitrogens with one attached hydrogen (secondary N) is 1. The molecule has 3 rings (SSSR count). The summed E-state index contributed by atoms with van der Waals surface area (Å²) in [5.74, 6) is -2.24. The van der Waals surface area contributed by atoms with Crippen molar-refractivity contribution >= 4 is 16.1 Å². The second-order valence-electron chi connectivity index (χ2n) is 5.94. The molecule has 0 aliphatic rings. The average Bonchev–Trinajstić information content (AvgIpc) is 2.99. The summed E-state index contributed by atoms with van der Waals surface area (Å²) in [4.78, 5) is 13.8. The van der Waals surface area contributed by atoms with Gasteiger partial charge < -0.3 is 15.5 Å². The molecule has 29 heavy (non-hydrogen) atoms. The molecule has 0 aliphatic heterocycles. The number of phenolic OH excluding ortho intramolecular Hbond substituents is 1. The number of rotatable bonds is 6. The fourth-order valence-electron chi connectivity index (χ4n) is 2.71. The molecule has 1 aromatic carbocycles. The summed E-state index contributed by atoms with van der Waals surface area (Å²) in [6, 6.07) is 7.05. The number of aromatic hydroxyl groups is 1. The van der Waals surface area contributed by atoms with E-state index in [4.69, 9.17) is 5.11 Å². The lowest BCUT2D eigenvalue weighted by molar-refractivity contribution is 0.194. The number of amides is 1. The summed E-state index contributed by atoms with van der Waals surface area (Å²) >= 11 is 0. The molecule has 2 heterocycles. The largest absolute Gasteiger partial charge is 0.508 e. The zero-order valence-electron chi connectivity index (χ0n) is 14.7. The van der Waals surface area contributed by atoms with E-state index in [9.17, 15) is 22.7 Å². The fourth-order valence-corrected chi connectivity index (χ4v) is 4.10. The van der Waals surface area contributed by atoms with Gasteiger partial charge in [0.1, 0.15) is 11.4 Å². The Balaban J connectivity index is 2.18. The Morgan fingerprint density at radius 2 is 1.86 bits per heavy atom. The van der Waals surface area contributed by atoms with Gasteiger partial charge in [-0.1, -0.05) is 0 Å². The highest BCUT2D eigenvalue weighted by Gasteiger charge is 2.28. The van der Waals surface area contributed by atoms with Gasteiger partial charge in [0, 0.05) is 24.5 Å². The van der Waals surface area contributed by atoms with Crippen LogP contribution < -0.4 is 5.32 Å². The summed E-state index contributed by atoms with van der Waals surface area (Å²) in [6.45, 7) is -0.176. The molecule has 0 fully saturated rings. The predicted molar refractivity (Wildman–Crippen MR) is 98.0 cm³/mol. The first-order valence-corrected chi connectivity index (χ1v) is 9.68. The van der Waals surface area contributed by atoms with E-state index in [-0.39, 0.29) is 34.7 Å². The monoisotopic (exact) mass is 423 g/mol. The van der Waals surface area contributed by atoms with Gasteiger partial charge >= 0.3 is 6.09 Å².